The highest BCUT2D eigenvalue weighted by atomic mass is 35.5. The molecule has 21 heavy (non-hydrogen) atoms. The number of carbonyl (C=O) groups is 2. The molecule has 1 fully saturated rings. The normalized spacial score (nSPS) is 16.3. The fourth-order valence-electron chi connectivity index (χ4n) is 1.98. The maximum absolute atomic E-state index is 11.7. The number of halogens is 2. The predicted octanol–water partition coefficient (Wildman–Crippen LogP) is 0.381. The smallest absolute Gasteiger partial charge is 0.252 e. The molecule has 2 heterocycles. The summed E-state index contributed by atoms with van der Waals surface area (Å²) in [5, 5.41) is 8.70. The fourth-order valence-corrected chi connectivity index (χ4v) is 1.98. The number of pyridine rings is 1. The minimum atomic E-state index is -0.176. The van der Waals surface area contributed by atoms with Crippen molar-refractivity contribution in [3.05, 3.63) is 30.1 Å². The van der Waals surface area contributed by atoms with Gasteiger partial charge in [-0.05, 0) is 25.1 Å². The standard InChI is InChI=1S/C13H18N4O2.2ClH/c18-12(10-2-1-4-14-8-10)16-6-7-17-13(19)11-3-5-15-9-11;;/h1-2,4,8,11,15H,3,5-7,9H2,(H,16,18)(H,17,19);2*1H. The van der Waals surface area contributed by atoms with Gasteiger partial charge in [0.25, 0.3) is 5.91 Å². The summed E-state index contributed by atoms with van der Waals surface area (Å²) in [6.45, 7) is 2.50. The number of rotatable bonds is 5. The molecular weight excluding hydrogens is 315 g/mol. The van der Waals surface area contributed by atoms with Crippen LogP contribution in [0.5, 0.6) is 0 Å². The van der Waals surface area contributed by atoms with Crippen molar-refractivity contribution in [2.75, 3.05) is 26.2 Å². The molecule has 6 nitrogen and oxygen atoms in total. The van der Waals surface area contributed by atoms with Crippen LogP contribution in [0.15, 0.2) is 24.5 Å². The summed E-state index contributed by atoms with van der Waals surface area (Å²) in [5.74, 6) is -0.0560. The zero-order valence-corrected chi connectivity index (χ0v) is 13.1. The lowest BCUT2D eigenvalue weighted by Crippen LogP contribution is -2.38. The number of carbonyl (C=O) groups excluding carboxylic acids is 2. The van der Waals surface area contributed by atoms with E-state index in [0.29, 0.717) is 18.7 Å². The van der Waals surface area contributed by atoms with Crippen LogP contribution in [-0.2, 0) is 4.79 Å². The number of hydrogen-bond acceptors (Lipinski definition) is 4. The minimum absolute atomic E-state index is 0. The first-order valence-electron chi connectivity index (χ1n) is 6.44. The summed E-state index contributed by atoms with van der Waals surface area (Å²) in [4.78, 5) is 27.2. The largest absolute Gasteiger partial charge is 0.354 e. The van der Waals surface area contributed by atoms with E-state index < -0.39 is 0 Å². The van der Waals surface area contributed by atoms with E-state index in [1.807, 2.05) is 0 Å². The van der Waals surface area contributed by atoms with Crippen LogP contribution in [0.25, 0.3) is 0 Å². The molecule has 3 N–H and O–H groups in total. The van der Waals surface area contributed by atoms with Crippen LogP contribution in [-0.4, -0.2) is 43.0 Å². The van der Waals surface area contributed by atoms with Crippen LogP contribution in [0.2, 0.25) is 0 Å². The van der Waals surface area contributed by atoms with E-state index in [-0.39, 0.29) is 42.5 Å². The third kappa shape index (κ3) is 6.29. The summed E-state index contributed by atoms with van der Waals surface area (Å²) in [5.41, 5.74) is 0.522. The molecule has 2 rings (SSSR count). The van der Waals surface area contributed by atoms with Gasteiger partial charge < -0.3 is 16.0 Å². The minimum Gasteiger partial charge on any atom is -0.354 e. The Kier molecular flexibility index (Phi) is 9.69. The van der Waals surface area contributed by atoms with Gasteiger partial charge in [-0.15, -0.1) is 24.8 Å². The molecule has 8 heteroatoms. The average molecular weight is 335 g/mol. The van der Waals surface area contributed by atoms with Gasteiger partial charge >= 0.3 is 0 Å². The zero-order valence-electron chi connectivity index (χ0n) is 11.5. The first-order valence-corrected chi connectivity index (χ1v) is 6.44. The molecule has 0 bridgehead atoms. The SMILES string of the molecule is Cl.Cl.O=C(NCCNC(=O)C1CCNC1)c1cccnc1. The van der Waals surface area contributed by atoms with Gasteiger partial charge in [-0.2, -0.15) is 0 Å². The van der Waals surface area contributed by atoms with Gasteiger partial charge in [0.05, 0.1) is 11.5 Å². The maximum Gasteiger partial charge on any atom is 0.252 e. The molecule has 0 aliphatic carbocycles. The Morgan fingerprint density at radius 2 is 2.05 bits per heavy atom. The molecule has 1 aromatic heterocycles. The number of amides is 2. The Labute approximate surface area is 136 Å². The van der Waals surface area contributed by atoms with Crippen molar-refractivity contribution in [2.45, 2.75) is 6.42 Å². The van der Waals surface area contributed by atoms with E-state index in [1.165, 1.54) is 6.20 Å². The Morgan fingerprint density at radius 1 is 1.29 bits per heavy atom. The van der Waals surface area contributed by atoms with Gasteiger partial charge in [-0.3, -0.25) is 14.6 Å². The van der Waals surface area contributed by atoms with Crippen molar-refractivity contribution in [3.63, 3.8) is 0 Å². The number of nitrogens with one attached hydrogen (secondary N) is 3. The molecule has 1 aliphatic heterocycles. The molecule has 2 amide bonds. The lowest BCUT2D eigenvalue weighted by molar-refractivity contribution is -0.124. The second-order valence-corrected chi connectivity index (χ2v) is 4.48. The van der Waals surface area contributed by atoms with Gasteiger partial charge in [0.1, 0.15) is 0 Å². The van der Waals surface area contributed by atoms with E-state index in [4.69, 9.17) is 0 Å². The van der Waals surface area contributed by atoms with Crippen molar-refractivity contribution < 1.29 is 9.59 Å². The quantitative estimate of drug-likeness (QED) is 0.680. The molecule has 0 saturated carbocycles. The molecular formula is C13H20Cl2N4O2. The Morgan fingerprint density at radius 3 is 2.67 bits per heavy atom. The van der Waals surface area contributed by atoms with Crippen molar-refractivity contribution in [3.8, 4) is 0 Å². The van der Waals surface area contributed by atoms with Crippen LogP contribution in [0.3, 0.4) is 0 Å². The van der Waals surface area contributed by atoms with Gasteiger partial charge in [0.15, 0.2) is 0 Å². The number of aromatic nitrogens is 1. The van der Waals surface area contributed by atoms with Crippen molar-refractivity contribution in [1.82, 2.24) is 20.9 Å². The van der Waals surface area contributed by atoms with Crippen molar-refractivity contribution >= 4 is 36.6 Å². The molecule has 1 aliphatic rings. The molecule has 1 saturated heterocycles. The van der Waals surface area contributed by atoms with Gasteiger partial charge in [0.2, 0.25) is 5.91 Å². The zero-order chi connectivity index (χ0) is 13.5. The molecule has 0 spiro atoms. The van der Waals surface area contributed by atoms with Crippen LogP contribution in [0.1, 0.15) is 16.8 Å². The fraction of sp³-hybridized carbons (Fsp3) is 0.462. The predicted molar refractivity (Wildman–Crippen MR) is 85.1 cm³/mol. The number of nitrogens with zero attached hydrogens (tertiary/aromatic N) is 1. The van der Waals surface area contributed by atoms with E-state index >= 15 is 0 Å². The summed E-state index contributed by atoms with van der Waals surface area (Å²) in [6, 6.07) is 3.41. The number of hydrogen-bond donors (Lipinski definition) is 3. The highest BCUT2D eigenvalue weighted by Crippen LogP contribution is 2.06. The molecule has 0 aromatic carbocycles. The first kappa shape index (κ1) is 19.6. The van der Waals surface area contributed by atoms with E-state index in [1.54, 1.807) is 18.3 Å². The lowest BCUT2D eigenvalue weighted by Gasteiger charge is -2.10. The highest BCUT2D eigenvalue weighted by Gasteiger charge is 2.21. The van der Waals surface area contributed by atoms with E-state index in [0.717, 1.165) is 19.5 Å². The summed E-state index contributed by atoms with van der Waals surface area (Å²) < 4.78 is 0. The molecule has 0 radical (unpaired) electrons. The second-order valence-electron chi connectivity index (χ2n) is 4.48. The Balaban J connectivity index is 0.00000200. The first-order chi connectivity index (χ1) is 9.27. The van der Waals surface area contributed by atoms with Crippen LogP contribution >= 0.6 is 24.8 Å². The Bertz CT molecular complexity index is 439. The Hall–Kier alpha value is -1.37. The highest BCUT2D eigenvalue weighted by molar-refractivity contribution is 5.93. The third-order valence-electron chi connectivity index (χ3n) is 3.06. The lowest BCUT2D eigenvalue weighted by atomic mass is 10.1. The molecule has 1 unspecified atom stereocenters. The van der Waals surface area contributed by atoms with Crippen LogP contribution in [0, 0.1) is 5.92 Å². The van der Waals surface area contributed by atoms with Gasteiger partial charge in [-0.1, -0.05) is 0 Å². The van der Waals surface area contributed by atoms with Gasteiger partial charge in [0, 0.05) is 32.0 Å². The van der Waals surface area contributed by atoms with Crippen molar-refractivity contribution in [2.24, 2.45) is 5.92 Å². The maximum atomic E-state index is 11.7. The average Bonchev–Trinajstić information content (AvgIpc) is 2.98. The molecule has 1 aromatic rings. The topological polar surface area (TPSA) is 83.1 Å². The monoisotopic (exact) mass is 334 g/mol. The van der Waals surface area contributed by atoms with E-state index in [2.05, 4.69) is 20.9 Å². The van der Waals surface area contributed by atoms with Crippen molar-refractivity contribution in [1.29, 1.82) is 0 Å². The summed E-state index contributed by atoms with van der Waals surface area (Å²) >= 11 is 0. The second kappa shape index (κ2) is 10.4. The molecule has 118 valence electrons. The van der Waals surface area contributed by atoms with Crippen LogP contribution in [0.4, 0.5) is 0 Å². The summed E-state index contributed by atoms with van der Waals surface area (Å²) in [7, 11) is 0. The van der Waals surface area contributed by atoms with Crippen LogP contribution < -0.4 is 16.0 Å². The van der Waals surface area contributed by atoms with E-state index in [9.17, 15) is 9.59 Å². The van der Waals surface area contributed by atoms with Gasteiger partial charge in [-0.25, -0.2) is 0 Å². The summed E-state index contributed by atoms with van der Waals surface area (Å²) in [6.07, 6.45) is 4.01. The molecule has 1 atom stereocenters. The third-order valence-corrected chi connectivity index (χ3v) is 3.06.